The highest BCUT2D eigenvalue weighted by Crippen LogP contribution is 2.28. The van der Waals surface area contributed by atoms with Crippen molar-refractivity contribution >= 4 is 5.97 Å². The fourth-order valence-corrected chi connectivity index (χ4v) is 1.54. The van der Waals surface area contributed by atoms with E-state index >= 15 is 0 Å². The second kappa shape index (κ2) is 4.98. The van der Waals surface area contributed by atoms with Gasteiger partial charge in [0.1, 0.15) is 0 Å². The maximum Gasteiger partial charge on any atom is 0.307 e. The SMILES string of the molecule is Cc1ncc(CC(=O)O)c(C(F)F)c1CN. The summed E-state index contributed by atoms with van der Waals surface area (Å²) >= 11 is 0. The van der Waals surface area contributed by atoms with Crippen molar-refractivity contribution in [1.82, 2.24) is 4.98 Å². The monoisotopic (exact) mass is 230 g/mol. The summed E-state index contributed by atoms with van der Waals surface area (Å²) in [6, 6.07) is 0. The van der Waals surface area contributed by atoms with Crippen LogP contribution < -0.4 is 5.73 Å². The highest BCUT2D eigenvalue weighted by Gasteiger charge is 2.20. The normalized spacial score (nSPS) is 10.8. The predicted octanol–water partition coefficient (Wildman–Crippen LogP) is 1.41. The van der Waals surface area contributed by atoms with E-state index in [0.717, 1.165) is 0 Å². The standard InChI is InChI=1S/C10H12F2N2O2/c1-5-7(3-13)9(10(11)12)6(4-14-5)2-8(15)16/h4,10H,2-3,13H2,1H3,(H,15,16). The van der Waals surface area contributed by atoms with Crippen LogP contribution in [-0.4, -0.2) is 16.1 Å². The van der Waals surface area contributed by atoms with Crippen molar-refractivity contribution in [2.75, 3.05) is 0 Å². The number of alkyl halides is 2. The van der Waals surface area contributed by atoms with Gasteiger partial charge in [0, 0.05) is 24.0 Å². The lowest BCUT2D eigenvalue weighted by Crippen LogP contribution is -2.12. The minimum atomic E-state index is -2.74. The van der Waals surface area contributed by atoms with Gasteiger partial charge in [-0.2, -0.15) is 0 Å². The number of aryl methyl sites for hydroxylation is 1. The molecule has 16 heavy (non-hydrogen) atoms. The first-order valence-electron chi connectivity index (χ1n) is 4.64. The first-order chi connectivity index (χ1) is 7.47. The molecule has 0 aliphatic rings. The number of nitrogens with two attached hydrogens (primary N) is 1. The van der Waals surface area contributed by atoms with Crippen molar-refractivity contribution in [2.45, 2.75) is 26.3 Å². The zero-order valence-electron chi connectivity index (χ0n) is 8.70. The Hall–Kier alpha value is -1.56. The summed E-state index contributed by atoms with van der Waals surface area (Å²) in [6.07, 6.45) is -2.04. The fourth-order valence-electron chi connectivity index (χ4n) is 1.54. The molecule has 3 N–H and O–H groups in total. The molecule has 0 radical (unpaired) electrons. The average molecular weight is 230 g/mol. The van der Waals surface area contributed by atoms with E-state index in [1.807, 2.05) is 0 Å². The molecule has 4 nitrogen and oxygen atoms in total. The summed E-state index contributed by atoms with van der Waals surface area (Å²) in [4.78, 5) is 14.4. The van der Waals surface area contributed by atoms with Crippen molar-refractivity contribution in [2.24, 2.45) is 5.73 Å². The number of hydrogen-bond acceptors (Lipinski definition) is 3. The number of rotatable bonds is 4. The quantitative estimate of drug-likeness (QED) is 0.820. The lowest BCUT2D eigenvalue weighted by atomic mass is 10.00. The van der Waals surface area contributed by atoms with Crippen LogP contribution in [0.4, 0.5) is 8.78 Å². The van der Waals surface area contributed by atoms with E-state index < -0.39 is 18.8 Å². The molecule has 0 saturated heterocycles. The maximum atomic E-state index is 12.8. The van der Waals surface area contributed by atoms with Crippen LogP contribution in [-0.2, 0) is 17.8 Å². The molecule has 0 aliphatic carbocycles. The van der Waals surface area contributed by atoms with Crippen molar-refractivity contribution < 1.29 is 18.7 Å². The zero-order valence-corrected chi connectivity index (χ0v) is 8.70. The number of aliphatic carboxylic acids is 1. The Kier molecular flexibility index (Phi) is 3.89. The first kappa shape index (κ1) is 12.5. The molecule has 88 valence electrons. The molecule has 1 heterocycles. The average Bonchev–Trinajstić information content (AvgIpc) is 2.18. The van der Waals surface area contributed by atoms with Crippen LogP contribution in [0.3, 0.4) is 0 Å². The number of halogens is 2. The molecule has 0 aliphatic heterocycles. The van der Waals surface area contributed by atoms with Crippen LogP contribution in [0.1, 0.15) is 28.8 Å². The van der Waals surface area contributed by atoms with Gasteiger partial charge >= 0.3 is 5.97 Å². The number of aromatic nitrogens is 1. The molecule has 0 saturated carbocycles. The number of nitrogens with zero attached hydrogens (tertiary/aromatic N) is 1. The minimum absolute atomic E-state index is 0.0218. The number of carboxylic acids is 1. The topological polar surface area (TPSA) is 76.2 Å². The lowest BCUT2D eigenvalue weighted by Gasteiger charge is -2.13. The Morgan fingerprint density at radius 1 is 1.62 bits per heavy atom. The third-order valence-corrected chi connectivity index (χ3v) is 2.29. The molecule has 1 aromatic rings. The van der Waals surface area contributed by atoms with Crippen LogP contribution in [0.5, 0.6) is 0 Å². The Balaban J connectivity index is 3.32. The van der Waals surface area contributed by atoms with Gasteiger partial charge < -0.3 is 10.8 Å². The molecular formula is C10H12F2N2O2. The molecule has 0 aromatic carbocycles. The minimum Gasteiger partial charge on any atom is -0.481 e. The van der Waals surface area contributed by atoms with Crippen molar-refractivity contribution in [3.63, 3.8) is 0 Å². The molecule has 1 aromatic heterocycles. The molecule has 0 bridgehead atoms. The number of carboxylic acid groups (broad SMARTS) is 1. The van der Waals surface area contributed by atoms with Gasteiger partial charge in [-0.1, -0.05) is 0 Å². The van der Waals surface area contributed by atoms with Crippen molar-refractivity contribution in [1.29, 1.82) is 0 Å². The number of carbonyl (C=O) groups is 1. The van der Waals surface area contributed by atoms with Crippen LogP contribution in [0, 0.1) is 6.92 Å². The van der Waals surface area contributed by atoms with E-state index in [1.165, 1.54) is 6.20 Å². The van der Waals surface area contributed by atoms with Gasteiger partial charge in [-0.25, -0.2) is 8.78 Å². The molecule has 0 fully saturated rings. The number of pyridine rings is 1. The first-order valence-corrected chi connectivity index (χ1v) is 4.64. The van der Waals surface area contributed by atoms with Gasteiger partial charge in [0.15, 0.2) is 0 Å². The van der Waals surface area contributed by atoms with E-state index in [4.69, 9.17) is 10.8 Å². The molecule has 0 amide bonds. The third kappa shape index (κ3) is 2.52. The summed E-state index contributed by atoms with van der Waals surface area (Å²) in [5, 5.41) is 8.60. The van der Waals surface area contributed by atoms with Crippen LogP contribution in [0.15, 0.2) is 6.20 Å². The third-order valence-electron chi connectivity index (χ3n) is 2.29. The van der Waals surface area contributed by atoms with Gasteiger partial charge in [0.25, 0.3) is 6.43 Å². The van der Waals surface area contributed by atoms with E-state index in [2.05, 4.69) is 4.98 Å². The Labute approximate surface area is 91.1 Å². The lowest BCUT2D eigenvalue weighted by molar-refractivity contribution is -0.136. The van der Waals surface area contributed by atoms with E-state index in [1.54, 1.807) is 6.92 Å². The highest BCUT2D eigenvalue weighted by atomic mass is 19.3. The Morgan fingerprint density at radius 3 is 2.69 bits per heavy atom. The zero-order chi connectivity index (χ0) is 12.3. The highest BCUT2D eigenvalue weighted by molar-refractivity contribution is 5.71. The van der Waals surface area contributed by atoms with Gasteiger partial charge in [-0.3, -0.25) is 9.78 Å². The number of hydrogen-bond donors (Lipinski definition) is 2. The van der Waals surface area contributed by atoms with Crippen LogP contribution in [0.25, 0.3) is 0 Å². The maximum absolute atomic E-state index is 12.8. The van der Waals surface area contributed by atoms with E-state index in [-0.39, 0.29) is 23.2 Å². The van der Waals surface area contributed by atoms with Gasteiger partial charge in [0.2, 0.25) is 0 Å². The smallest absolute Gasteiger partial charge is 0.307 e. The molecule has 0 unspecified atom stereocenters. The summed E-state index contributed by atoms with van der Waals surface area (Å²) < 4.78 is 25.7. The van der Waals surface area contributed by atoms with E-state index in [9.17, 15) is 13.6 Å². The molecular weight excluding hydrogens is 218 g/mol. The molecule has 6 heteroatoms. The van der Waals surface area contributed by atoms with Crippen LogP contribution in [0.2, 0.25) is 0 Å². The second-order valence-corrected chi connectivity index (χ2v) is 3.34. The summed E-state index contributed by atoms with van der Waals surface area (Å²) in [5.74, 6) is -1.17. The van der Waals surface area contributed by atoms with Gasteiger partial charge in [0.05, 0.1) is 6.42 Å². The summed E-state index contributed by atoms with van der Waals surface area (Å²) in [5.41, 5.74) is 5.74. The molecule has 0 spiro atoms. The molecule has 0 atom stereocenters. The Morgan fingerprint density at radius 2 is 2.25 bits per heavy atom. The molecule has 1 rings (SSSR count). The summed E-state index contributed by atoms with van der Waals surface area (Å²) in [7, 11) is 0. The largest absolute Gasteiger partial charge is 0.481 e. The Bertz CT molecular complexity index is 408. The van der Waals surface area contributed by atoms with Crippen LogP contribution >= 0.6 is 0 Å². The second-order valence-electron chi connectivity index (χ2n) is 3.34. The fraction of sp³-hybridized carbons (Fsp3) is 0.400. The van der Waals surface area contributed by atoms with Gasteiger partial charge in [-0.15, -0.1) is 0 Å². The predicted molar refractivity (Wildman–Crippen MR) is 53.2 cm³/mol. The summed E-state index contributed by atoms with van der Waals surface area (Å²) in [6.45, 7) is 1.49. The van der Waals surface area contributed by atoms with Gasteiger partial charge in [-0.05, 0) is 18.1 Å². The van der Waals surface area contributed by atoms with Crippen molar-refractivity contribution in [3.8, 4) is 0 Å². The van der Waals surface area contributed by atoms with Crippen molar-refractivity contribution in [3.05, 3.63) is 28.6 Å². The van der Waals surface area contributed by atoms with E-state index in [0.29, 0.717) is 5.69 Å².